The molecule has 1 atom stereocenters. The van der Waals surface area contributed by atoms with Crippen molar-refractivity contribution in [2.45, 2.75) is 49.4 Å². The zero-order chi connectivity index (χ0) is 18.1. The molecule has 0 fully saturated rings. The lowest BCUT2D eigenvalue weighted by molar-refractivity contribution is -0.371. The lowest BCUT2D eigenvalue weighted by Crippen LogP contribution is -2.30. The topological polar surface area (TPSA) is 63.2 Å². The standard InChI is InChI=1S/C15H26Br2O6/c1-11(2)13(18)19-7-12(23-22-10-15(5,6)17)8-20-21-9-14(3,4)16/h12H,1,7-10H2,2-6H3. The highest BCUT2D eigenvalue weighted by Crippen LogP contribution is 2.17. The van der Waals surface area contributed by atoms with Gasteiger partial charge < -0.3 is 4.74 Å². The van der Waals surface area contributed by atoms with E-state index in [2.05, 4.69) is 38.4 Å². The number of rotatable bonds is 12. The van der Waals surface area contributed by atoms with Crippen molar-refractivity contribution in [3.8, 4) is 0 Å². The van der Waals surface area contributed by atoms with E-state index in [0.29, 0.717) is 18.8 Å². The second-order valence-corrected chi connectivity index (χ2v) is 10.6. The van der Waals surface area contributed by atoms with Gasteiger partial charge in [-0.05, 0) is 34.6 Å². The number of hydrogen-bond donors (Lipinski definition) is 0. The molecule has 0 amide bonds. The van der Waals surface area contributed by atoms with Crippen molar-refractivity contribution >= 4 is 37.8 Å². The SMILES string of the molecule is C=C(C)C(=O)OCC(COOCC(C)(C)Br)OOCC(C)(C)Br. The first-order valence-corrected chi connectivity index (χ1v) is 8.72. The Balaban J connectivity index is 4.25. The molecule has 0 rings (SSSR count). The molecule has 0 radical (unpaired) electrons. The second kappa shape index (κ2) is 10.8. The maximum atomic E-state index is 11.4. The van der Waals surface area contributed by atoms with Crippen molar-refractivity contribution < 1.29 is 29.1 Å². The quantitative estimate of drug-likeness (QED) is 0.110. The number of carbonyl (C=O) groups excluding carboxylic acids is 1. The number of esters is 1. The van der Waals surface area contributed by atoms with Crippen molar-refractivity contribution in [3.05, 3.63) is 12.2 Å². The van der Waals surface area contributed by atoms with Gasteiger partial charge in [0.1, 0.15) is 13.2 Å². The van der Waals surface area contributed by atoms with E-state index in [9.17, 15) is 4.79 Å². The molecule has 0 aliphatic carbocycles. The van der Waals surface area contributed by atoms with Crippen LogP contribution in [0.1, 0.15) is 34.6 Å². The lowest BCUT2D eigenvalue weighted by atomic mass is 10.2. The molecule has 8 heteroatoms. The van der Waals surface area contributed by atoms with Gasteiger partial charge in [0.25, 0.3) is 0 Å². The first-order valence-electron chi connectivity index (χ1n) is 7.14. The average molecular weight is 462 g/mol. The zero-order valence-electron chi connectivity index (χ0n) is 14.3. The summed E-state index contributed by atoms with van der Waals surface area (Å²) in [5.74, 6) is -0.498. The van der Waals surface area contributed by atoms with E-state index < -0.39 is 12.1 Å². The third-order valence-corrected chi connectivity index (χ3v) is 2.55. The Morgan fingerprint density at radius 3 is 2.00 bits per heavy atom. The third kappa shape index (κ3) is 15.3. The molecule has 0 aromatic carbocycles. The first kappa shape index (κ1) is 23.0. The fraction of sp³-hybridized carbons (Fsp3) is 0.800. The molecular formula is C15H26Br2O6. The molecule has 0 saturated carbocycles. The van der Waals surface area contributed by atoms with Gasteiger partial charge >= 0.3 is 5.97 Å². The van der Waals surface area contributed by atoms with E-state index in [1.54, 1.807) is 6.92 Å². The molecule has 136 valence electrons. The Hall–Kier alpha value is 0.01000. The Morgan fingerprint density at radius 2 is 1.52 bits per heavy atom. The largest absolute Gasteiger partial charge is 0.459 e. The van der Waals surface area contributed by atoms with Crippen molar-refractivity contribution in [2.24, 2.45) is 0 Å². The van der Waals surface area contributed by atoms with Gasteiger partial charge in [0.15, 0.2) is 6.10 Å². The predicted molar refractivity (Wildman–Crippen MR) is 94.5 cm³/mol. The Morgan fingerprint density at radius 1 is 1.00 bits per heavy atom. The molecule has 0 heterocycles. The minimum atomic E-state index is -0.619. The number of alkyl halides is 2. The number of hydrogen-bond acceptors (Lipinski definition) is 6. The Bertz CT molecular complexity index is 373. The normalized spacial score (nSPS) is 13.7. The summed E-state index contributed by atoms with van der Waals surface area (Å²) >= 11 is 6.86. The molecule has 0 aromatic rings. The minimum absolute atomic E-state index is 0.0323. The Labute approximate surface area is 154 Å². The summed E-state index contributed by atoms with van der Waals surface area (Å²) in [6, 6.07) is 0. The van der Waals surface area contributed by atoms with Crippen LogP contribution in [-0.4, -0.2) is 47.1 Å². The van der Waals surface area contributed by atoms with Gasteiger partial charge in [0.05, 0.1) is 13.2 Å². The van der Waals surface area contributed by atoms with Crippen LogP contribution in [0, 0.1) is 0 Å². The molecule has 0 N–H and O–H groups in total. The van der Waals surface area contributed by atoms with Gasteiger partial charge in [0.2, 0.25) is 0 Å². The fourth-order valence-electron chi connectivity index (χ4n) is 0.972. The van der Waals surface area contributed by atoms with Gasteiger partial charge in [-0.15, -0.1) is 0 Å². The van der Waals surface area contributed by atoms with Crippen LogP contribution in [-0.2, 0) is 29.1 Å². The maximum absolute atomic E-state index is 11.4. The minimum Gasteiger partial charge on any atom is -0.459 e. The molecule has 0 saturated heterocycles. The van der Waals surface area contributed by atoms with Crippen LogP contribution in [0.3, 0.4) is 0 Å². The van der Waals surface area contributed by atoms with Crippen LogP contribution in [0.15, 0.2) is 12.2 Å². The van der Waals surface area contributed by atoms with E-state index in [4.69, 9.17) is 24.3 Å². The van der Waals surface area contributed by atoms with Crippen LogP contribution in [0.4, 0.5) is 0 Å². The van der Waals surface area contributed by atoms with E-state index in [1.165, 1.54) is 0 Å². The predicted octanol–water partition coefficient (Wildman–Crippen LogP) is 3.72. The van der Waals surface area contributed by atoms with E-state index in [-0.39, 0.29) is 21.9 Å². The van der Waals surface area contributed by atoms with Crippen LogP contribution < -0.4 is 0 Å². The van der Waals surface area contributed by atoms with Gasteiger partial charge in [0, 0.05) is 14.2 Å². The highest BCUT2D eigenvalue weighted by atomic mass is 79.9. The fourth-order valence-corrected chi connectivity index (χ4v) is 1.16. The summed E-state index contributed by atoms with van der Waals surface area (Å²) in [7, 11) is 0. The van der Waals surface area contributed by atoms with E-state index >= 15 is 0 Å². The second-order valence-electron chi connectivity index (χ2n) is 6.34. The molecule has 0 aliphatic rings. The monoisotopic (exact) mass is 460 g/mol. The van der Waals surface area contributed by atoms with Crippen LogP contribution in [0.25, 0.3) is 0 Å². The number of halogens is 2. The van der Waals surface area contributed by atoms with Crippen LogP contribution in [0.2, 0.25) is 0 Å². The molecular weight excluding hydrogens is 436 g/mol. The highest BCUT2D eigenvalue weighted by Gasteiger charge is 2.20. The number of carbonyl (C=O) groups is 1. The van der Waals surface area contributed by atoms with Crippen LogP contribution >= 0.6 is 31.9 Å². The summed E-state index contributed by atoms with van der Waals surface area (Å²) in [6.07, 6.45) is -0.619. The first-order chi connectivity index (χ1) is 10.4. The average Bonchev–Trinajstić information content (AvgIpc) is 2.36. The van der Waals surface area contributed by atoms with E-state index in [1.807, 2.05) is 27.7 Å². The van der Waals surface area contributed by atoms with Crippen molar-refractivity contribution in [2.75, 3.05) is 26.4 Å². The highest BCUT2D eigenvalue weighted by molar-refractivity contribution is 9.10. The molecule has 0 aromatic heterocycles. The Kier molecular flexibility index (Phi) is 10.8. The van der Waals surface area contributed by atoms with Gasteiger partial charge in [-0.2, -0.15) is 0 Å². The molecule has 6 nitrogen and oxygen atoms in total. The number of ether oxygens (including phenoxy) is 1. The van der Waals surface area contributed by atoms with Crippen molar-refractivity contribution in [3.63, 3.8) is 0 Å². The smallest absolute Gasteiger partial charge is 0.333 e. The summed E-state index contributed by atoms with van der Waals surface area (Å²) in [5, 5.41) is 0. The van der Waals surface area contributed by atoms with Crippen LogP contribution in [0.5, 0.6) is 0 Å². The lowest BCUT2D eigenvalue weighted by Gasteiger charge is -2.21. The summed E-state index contributed by atoms with van der Waals surface area (Å²) in [6.45, 7) is 13.5. The summed E-state index contributed by atoms with van der Waals surface area (Å²) in [4.78, 5) is 32.0. The van der Waals surface area contributed by atoms with Gasteiger partial charge in [-0.1, -0.05) is 38.4 Å². The van der Waals surface area contributed by atoms with E-state index in [0.717, 1.165) is 0 Å². The van der Waals surface area contributed by atoms with Crippen molar-refractivity contribution in [1.29, 1.82) is 0 Å². The molecule has 1 unspecified atom stereocenters. The summed E-state index contributed by atoms with van der Waals surface area (Å²) < 4.78 is 4.61. The summed E-state index contributed by atoms with van der Waals surface area (Å²) in [5.41, 5.74) is 0.310. The molecule has 0 aliphatic heterocycles. The van der Waals surface area contributed by atoms with Gasteiger partial charge in [-0.3, -0.25) is 0 Å². The van der Waals surface area contributed by atoms with Gasteiger partial charge in [-0.25, -0.2) is 24.3 Å². The van der Waals surface area contributed by atoms with Crippen molar-refractivity contribution in [1.82, 2.24) is 0 Å². The zero-order valence-corrected chi connectivity index (χ0v) is 17.5. The molecule has 0 spiro atoms. The third-order valence-electron chi connectivity index (χ3n) is 2.09. The molecule has 23 heavy (non-hydrogen) atoms. The molecule has 0 bridgehead atoms. The maximum Gasteiger partial charge on any atom is 0.333 e.